The summed E-state index contributed by atoms with van der Waals surface area (Å²) < 4.78 is 0. The van der Waals surface area contributed by atoms with E-state index in [4.69, 9.17) is 5.73 Å². The van der Waals surface area contributed by atoms with E-state index in [0.29, 0.717) is 12.5 Å². The van der Waals surface area contributed by atoms with E-state index >= 15 is 0 Å². The molecule has 0 bridgehead atoms. The van der Waals surface area contributed by atoms with Gasteiger partial charge in [0.1, 0.15) is 11.5 Å². The van der Waals surface area contributed by atoms with Gasteiger partial charge in [-0.1, -0.05) is 13.8 Å². The Balaban J connectivity index is 2.19. The zero-order valence-corrected chi connectivity index (χ0v) is 10.8. The van der Waals surface area contributed by atoms with Gasteiger partial charge in [-0.25, -0.2) is 4.98 Å². The zero-order chi connectivity index (χ0) is 13.0. The lowest BCUT2D eigenvalue weighted by atomic mass is 9.97. The fraction of sp³-hybridized carbons (Fsp3) is 0.462. The number of imidazole rings is 1. The number of nitrogens with one attached hydrogen (secondary N) is 1. The van der Waals surface area contributed by atoms with Crippen molar-refractivity contribution in [2.45, 2.75) is 26.2 Å². The van der Waals surface area contributed by atoms with Gasteiger partial charge in [0, 0.05) is 24.9 Å². The Morgan fingerprint density at radius 3 is 2.67 bits per heavy atom. The van der Waals surface area contributed by atoms with Crippen molar-refractivity contribution in [1.82, 2.24) is 19.9 Å². The Kier molecular flexibility index (Phi) is 4.04. The number of nitrogens with two attached hydrogens (primary N) is 1. The summed E-state index contributed by atoms with van der Waals surface area (Å²) in [5.41, 5.74) is 7.50. The molecule has 0 aliphatic carbocycles. The third kappa shape index (κ3) is 2.92. The average molecular weight is 245 g/mol. The molecule has 1 atom stereocenters. The number of nitrogens with zero attached hydrogens (tertiary/aromatic N) is 3. The van der Waals surface area contributed by atoms with Gasteiger partial charge in [0.25, 0.3) is 0 Å². The lowest BCUT2D eigenvalue weighted by Crippen LogP contribution is -2.16. The quantitative estimate of drug-likeness (QED) is 0.843. The molecule has 1 unspecified atom stereocenters. The Morgan fingerprint density at radius 1 is 1.22 bits per heavy atom. The molecule has 0 fully saturated rings. The van der Waals surface area contributed by atoms with Crippen LogP contribution in [0.4, 0.5) is 0 Å². The van der Waals surface area contributed by atoms with Gasteiger partial charge >= 0.3 is 0 Å². The maximum absolute atomic E-state index is 5.81. The SMILES string of the molecule is CC(C)CC(CN)c1ncc(-c2cnccn2)[nH]1. The van der Waals surface area contributed by atoms with Crippen molar-refractivity contribution in [3.63, 3.8) is 0 Å². The van der Waals surface area contributed by atoms with Crippen molar-refractivity contribution in [3.8, 4) is 11.4 Å². The van der Waals surface area contributed by atoms with Gasteiger partial charge in [-0.3, -0.25) is 9.97 Å². The van der Waals surface area contributed by atoms with Gasteiger partial charge in [0.2, 0.25) is 0 Å². The lowest BCUT2D eigenvalue weighted by Gasteiger charge is -2.14. The molecule has 3 N–H and O–H groups in total. The first kappa shape index (κ1) is 12.7. The number of H-pyrrole nitrogens is 1. The van der Waals surface area contributed by atoms with Crippen LogP contribution < -0.4 is 5.73 Å². The molecule has 2 rings (SSSR count). The van der Waals surface area contributed by atoms with Crippen molar-refractivity contribution in [2.24, 2.45) is 11.7 Å². The first-order chi connectivity index (χ1) is 8.70. The van der Waals surface area contributed by atoms with E-state index in [-0.39, 0.29) is 5.92 Å². The van der Waals surface area contributed by atoms with Crippen LogP contribution in [0.5, 0.6) is 0 Å². The molecule has 0 saturated carbocycles. The van der Waals surface area contributed by atoms with Crippen LogP contribution in [0, 0.1) is 5.92 Å². The molecule has 0 spiro atoms. The molecule has 0 aliphatic heterocycles. The molecule has 0 aromatic carbocycles. The average Bonchev–Trinajstić information content (AvgIpc) is 2.86. The van der Waals surface area contributed by atoms with E-state index in [1.807, 2.05) is 0 Å². The van der Waals surface area contributed by atoms with Crippen LogP contribution in [0.15, 0.2) is 24.8 Å². The van der Waals surface area contributed by atoms with E-state index in [9.17, 15) is 0 Å². The van der Waals surface area contributed by atoms with Crippen molar-refractivity contribution >= 4 is 0 Å². The highest BCUT2D eigenvalue weighted by molar-refractivity contribution is 5.51. The van der Waals surface area contributed by atoms with Crippen LogP contribution >= 0.6 is 0 Å². The first-order valence-corrected chi connectivity index (χ1v) is 6.22. The highest BCUT2D eigenvalue weighted by atomic mass is 14.9. The summed E-state index contributed by atoms with van der Waals surface area (Å²) >= 11 is 0. The van der Waals surface area contributed by atoms with E-state index in [0.717, 1.165) is 23.6 Å². The normalized spacial score (nSPS) is 12.9. The van der Waals surface area contributed by atoms with Crippen LogP contribution in [0.1, 0.15) is 32.0 Å². The van der Waals surface area contributed by atoms with Gasteiger partial charge in [0.15, 0.2) is 0 Å². The minimum absolute atomic E-state index is 0.274. The van der Waals surface area contributed by atoms with Gasteiger partial charge < -0.3 is 10.7 Å². The number of hydrogen-bond acceptors (Lipinski definition) is 4. The molecular formula is C13H19N5. The maximum Gasteiger partial charge on any atom is 0.110 e. The number of aromatic nitrogens is 4. The summed E-state index contributed by atoms with van der Waals surface area (Å²) in [6, 6.07) is 0. The molecule has 2 aromatic heterocycles. The smallest absolute Gasteiger partial charge is 0.110 e. The molecule has 5 heteroatoms. The monoisotopic (exact) mass is 245 g/mol. The van der Waals surface area contributed by atoms with Crippen LogP contribution in [-0.2, 0) is 0 Å². The standard InChI is InChI=1S/C13H19N5/c1-9(2)5-10(6-14)13-17-8-12(18-13)11-7-15-3-4-16-11/h3-4,7-10H,5-6,14H2,1-2H3,(H,17,18). The number of aromatic amines is 1. The molecule has 0 aliphatic rings. The minimum Gasteiger partial charge on any atom is -0.340 e. The Labute approximate surface area is 107 Å². The summed E-state index contributed by atoms with van der Waals surface area (Å²) in [6.45, 7) is 4.98. The molecule has 0 amide bonds. The Bertz CT molecular complexity index is 477. The van der Waals surface area contributed by atoms with E-state index in [2.05, 4.69) is 33.8 Å². The molecule has 0 saturated heterocycles. The third-order valence-corrected chi connectivity index (χ3v) is 2.86. The molecule has 2 aromatic rings. The topological polar surface area (TPSA) is 80.5 Å². The predicted molar refractivity (Wildman–Crippen MR) is 70.9 cm³/mol. The number of hydrogen-bond donors (Lipinski definition) is 2. The maximum atomic E-state index is 5.81. The highest BCUT2D eigenvalue weighted by Gasteiger charge is 2.15. The van der Waals surface area contributed by atoms with Gasteiger partial charge in [-0.2, -0.15) is 0 Å². The summed E-state index contributed by atoms with van der Waals surface area (Å²) in [4.78, 5) is 16.0. The largest absolute Gasteiger partial charge is 0.340 e. The van der Waals surface area contributed by atoms with Crippen LogP contribution in [0.3, 0.4) is 0 Å². The Hall–Kier alpha value is -1.75. The van der Waals surface area contributed by atoms with Gasteiger partial charge in [-0.15, -0.1) is 0 Å². The molecule has 0 radical (unpaired) electrons. The fourth-order valence-corrected chi connectivity index (χ4v) is 2.00. The van der Waals surface area contributed by atoms with Crippen molar-refractivity contribution in [3.05, 3.63) is 30.6 Å². The molecular weight excluding hydrogens is 226 g/mol. The summed E-state index contributed by atoms with van der Waals surface area (Å²) in [5, 5.41) is 0. The summed E-state index contributed by atoms with van der Waals surface area (Å²) in [7, 11) is 0. The van der Waals surface area contributed by atoms with Crippen molar-refractivity contribution < 1.29 is 0 Å². The second-order valence-electron chi connectivity index (χ2n) is 4.83. The third-order valence-electron chi connectivity index (χ3n) is 2.86. The molecule has 18 heavy (non-hydrogen) atoms. The number of rotatable bonds is 5. The minimum atomic E-state index is 0.274. The second kappa shape index (κ2) is 5.73. The zero-order valence-electron chi connectivity index (χ0n) is 10.8. The lowest BCUT2D eigenvalue weighted by molar-refractivity contribution is 0.490. The fourth-order valence-electron chi connectivity index (χ4n) is 2.00. The van der Waals surface area contributed by atoms with Crippen LogP contribution in [0.2, 0.25) is 0 Å². The molecule has 2 heterocycles. The van der Waals surface area contributed by atoms with Crippen LogP contribution in [0.25, 0.3) is 11.4 Å². The van der Waals surface area contributed by atoms with E-state index < -0.39 is 0 Å². The molecule has 96 valence electrons. The summed E-state index contributed by atoms with van der Waals surface area (Å²) in [5.74, 6) is 1.81. The van der Waals surface area contributed by atoms with Gasteiger partial charge in [-0.05, 0) is 12.3 Å². The summed E-state index contributed by atoms with van der Waals surface area (Å²) in [6.07, 6.45) is 7.87. The molecule has 5 nitrogen and oxygen atoms in total. The van der Waals surface area contributed by atoms with Crippen LogP contribution in [-0.4, -0.2) is 26.5 Å². The second-order valence-corrected chi connectivity index (χ2v) is 4.83. The van der Waals surface area contributed by atoms with Crippen molar-refractivity contribution in [1.29, 1.82) is 0 Å². The Morgan fingerprint density at radius 2 is 2.06 bits per heavy atom. The predicted octanol–water partition coefficient (Wildman–Crippen LogP) is 1.96. The van der Waals surface area contributed by atoms with E-state index in [1.54, 1.807) is 24.8 Å². The highest BCUT2D eigenvalue weighted by Crippen LogP contribution is 2.22. The first-order valence-electron chi connectivity index (χ1n) is 6.22. The van der Waals surface area contributed by atoms with Gasteiger partial charge in [0.05, 0.1) is 18.1 Å². The van der Waals surface area contributed by atoms with E-state index in [1.165, 1.54) is 0 Å². The van der Waals surface area contributed by atoms with Crippen molar-refractivity contribution in [2.75, 3.05) is 6.54 Å².